The lowest BCUT2D eigenvalue weighted by Gasteiger charge is -2.33. The minimum Gasteiger partial charge on any atom is -0.348 e. The number of halogens is 1. The molecule has 1 fully saturated rings. The maximum Gasteiger partial charge on any atom is 0.325 e. The lowest BCUT2D eigenvalue weighted by atomic mass is 9.90. The van der Waals surface area contributed by atoms with Crippen molar-refractivity contribution >= 4 is 30.3 Å². The summed E-state index contributed by atoms with van der Waals surface area (Å²) in [5, 5.41) is 5.09. The van der Waals surface area contributed by atoms with Crippen LogP contribution in [0.15, 0.2) is 0 Å². The topological polar surface area (TPSA) is 105 Å². The first-order chi connectivity index (χ1) is 9.51. The van der Waals surface area contributed by atoms with Crippen LogP contribution in [0, 0.1) is 5.92 Å². The predicted octanol–water partition coefficient (Wildman–Crippen LogP) is 0.618. The lowest BCUT2D eigenvalue weighted by molar-refractivity contribution is -0.127. The van der Waals surface area contributed by atoms with Gasteiger partial charge in [0.1, 0.15) is 12.1 Å². The number of carbonyl (C=O) groups excluding carboxylic acids is 3. The summed E-state index contributed by atoms with van der Waals surface area (Å²) in [5.41, 5.74) is 4.21. The molecular weight excluding hydrogens is 308 g/mol. The van der Waals surface area contributed by atoms with Gasteiger partial charge in [0, 0.05) is 12.1 Å². The van der Waals surface area contributed by atoms with Crippen molar-refractivity contribution in [1.29, 1.82) is 0 Å². The molecule has 0 aliphatic carbocycles. The molecule has 0 aromatic rings. The molecule has 1 aliphatic heterocycles. The Balaban J connectivity index is 0.00000441. The Morgan fingerprint density at radius 1 is 1.41 bits per heavy atom. The van der Waals surface area contributed by atoms with Crippen molar-refractivity contribution in [2.45, 2.75) is 52.1 Å². The number of urea groups is 1. The highest BCUT2D eigenvalue weighted by Gasteiger charge is 2.46. The summed E-state index contributed by atoms with van der Waals surface area (Å²) in [6, 6.07) is -0.543. The van der Waals surface area contributed by atoms with Crippen LogP contribution in [-0.2, 0) is 9.59 Å². The first-order valence-electron chi connectivity index (χ1n) is 7.16. The summed E-state index contributed by atoms with van der Waals surface area (Å²) in [5.74, 6) is -0.336. The van der Waals surface area contributed by atoms with Crippen molar-refractivity contribution in [3.8, 4) is 0 Å². The van der Waals surface area contributed by atoms with Crippen LogP contribution >= 0.6 is 12.4 Å². The second-order valence-corrected chi connectivity index (χ2v) is 6.82. The maximum absolute atomic E-state index is 12.2. The van der Waals surface area contributed by atoms with Crippen LogP contribution in [0.5, 0.6) is 0 Å². The molecule has 0 aromatic carbocycles. The van der Waals surface area contributed by atoms with E-state index in [0.717, 1.165) is 6.42 Å². The van der Waals surface area contributed by atoms with Gasteiger partial charge in [-0.05, 0) is 33.1 Å². The minimum atomic E-state index is -1.02. The second-order valence-electron chi connectivity index (χ2n) is 6.82. The van der Waals surface area contributed by atoms with Gasteiger partial charge >= 0.3 is 6.03 Å². The van der Waals surface area contributed by atoms with Gasteiger partial charge in [-0.2, -0.15) is 0 Å². The predicted molar refractivity (Wildman–Crippen MR) is 86.6 cm³/mol. The van der Waals surface area contributed by atoms with Crippen LogP contribution in [0.25, 0.3) is 0 Å². The van der Waals surface area contributed by atoms with Crippen molar-refractivity contribution in [2.75, 3.05) is 13.1 Å². The Morgan fingerprint density at radius 3 is 2.32 bits per heavy atom. The van der Waals surface area contributed by atoms with Gasteiger partial charge in [0.2, 0.25) is 5.91 Å². The standard InChI is InChI=1S/C14H26N4O3.ClH/c1-9(2)6-14(5,8-15)17-10(19)7-18-12(21)16-11(20)13(18,3)4;/h9H,6-8,15H2,1-5H3,(H,17,19)(H,16,20,21);1H. The van der Waals surface area contributed by atoms with Gasteiger partial charge in [0.05, 0.1) is 0 Å². The van der Waals surface area contributed by atoms with E-state index in [9.17, 15) is 14.4 Å². The van der Waals surface area contributed by atoms with E-state index in [-0.39, 0.29) is 24.9 Å². The van der Waals surface area contributed by atoms with Crippen LogP contribution in [0.3, 0.4) is 0 Å². The van der Waals surface area contributed by atoms with Gasteiger partial charge in [0.25, 0.3) is 5.91 Å². The average molecular weight is 335 g/mol. The van der Waals surface area contributed by atoms with Gasteiger partial charge in [-0.15, -0.1) is 12.4 Å². The highest BCUT2D eigenvalue weighted by Crippen LogP contribution is 2.21. The molecule has 1 unspecified atom stereocenters. The SMILES string of the molecule is CC(C)CC(C)(CN)NC(=O)CN1C(=O)NC(=O)C1(C)C.Cl. The number of carbonyl (C=O) groups is 3. The third-order valence-corrected chi connectivity index (χ3v) is 3.75. The summed E-state index contributed by atoms with van der Waals surface area (Å²) < 4.78 is 0. The van der Waals surface area contributed by atoms with Gasteiger partial charge in [0.15, 0.2) is 0 Å². The number of nitrogens with two attached hydrogens (primary N) is 1. The zero-order chi connectivity index (χ0) is 16.4. The summed E-state index contributed by atoms with van der Waals surface area (Å²) in [6.07, 6.45) is 0.740. The molecule has 8 heteroatoms. The molecule has 0 spiro atoms. The molecule has 4 N–H and O–H groups in total. The quantitative estimate of drug-likeness (QED) is 0.619. The van der Waals surface area contributed by atoms with E-state index in [2.05, 4.69) is 24.5 Å². The van der Waals surface area contributed by atoms with Crippen LogP contribution < -0.4 is 16.4 Å². The smallest absolute Gasteiger partial charge is 0.325 e. The Hall–Kier alpha value is -1.34. The Labute approximate surface area is 137 Å². The summed E-state index contributed by atoms with van der Waals surface area (Å²) in [4.78, 5) is 36.8. The van der Waals surface area contributed by atoms with Gasteiger partial charge in [-0.1, -0.05) is 13.8 Å². The van der Waals surface area contributed by atoms with Crippen molar-refractivity contribution in [1.82, 2.24) is 15.5 Å². The highest BCUT2D eigenvalue weighted by molar-refractivity contribution is 6.07. The molecule has 0 radical (unpaired) electrons. The molecule has 22 heavy (non-hydrogen) atoms. The van der Waals surface area contributed by atoms with E-state index in [1.807, 2.05) is 6.92 Å². The normalized spacial score (nSPS) is 19.5. The molecule has 0 bridgehead atoms. The third kappa shape index (κ3) is 4.58. The molecule has 7 nitrogen and oxygen atoms in total. The number of hydrogen-bond acceptors (Lipinski definition) is 4. The summed E-state index contributed by atoms with van der Waals surface area (Å²) >= 11 is 0. The summed E-state index contributed by atoms with van der Waals surface area (Å²) in [6.45, 7) is 9.34. The maximum atomic E-state index is 12.2. The van der Waals surface area contributed by atoms with E-state index in [1.54, 1.807) is 13.8 Å². The van der Waals surface area contributed by atoms with Crippen LogP contribution in [0.1, 0.15) is 41.0 Å². The number of rotatable bonds is 6. The van der Waals surface area contributed by atoms with Crippen LogP contribution in [0.2, 0.25) is 0 Å². The number of amides is 4. The van der Waals surface area contributed by atoms with E-state index in [4.69, 9.17) is 5.73 Å². The summed E-state index contributed by atoms with van der Waals surface area (Å²) in [7, 11) is 0. The fourth-order valence-electron chi connectivity index (χ4n) is 2.57. The largest absolute Gasteiger partial charge is 0.348 e. The Morgan fingerprint density at radius 2 is 1.95 bits per heavy atom. The molecular formula is C14H27ClN4O3. The van der Waals surface area contributed by atoms with E-state index < -0.39 is 23.0 Å². The lowest BCUT2D eigenvalue weighted by Crippen LogP contribution is -2.56. The fourth-order valence-corrected chi connectivity index (χ4v) is 2.57. The monoisotopic (exact) mass is 334 g/mol. The number of hydrogen-bond donors (Lipinski definition) is 3. The van der Waals surface area contributed by atoms with Crippen molar-refractivity contribution in [3.63, 3.8) is 0 Å². The van der Waals surface area contributed by atoms with E-state index in [0.29, 0.717) is 12.5 Å². The molecule has 4 amide bonds. The fraction of sp³-hybridized carbons (Fsp3) is 0.786. The average Bonchev–Trinajstić information content (AvgIpc) is 2.51. The van der Waals surface area contributed by atoms with Crippen molar-refractivity contribution < 1.29 is 14.4 Å². The minimum absolute atomic E-state index is 0. The van der Waals surface area contributed by atoms with E-state index >= 15 is 0 Å². The molecule has 1 saturated heterocycles. The third-order valence-electron chi connectivity index (χ3n) is 3.75. The Kier molecular flexibility index (Phi) is 6.84. The Bertz CT molecular complexity index is 453. The van der Waals surface area contributed by atoms with Crippen molar-refractivity contribution in [3.05, 3.63) is 0 Å². The molecule has 1 heterocycles. The zero-order valence-corrected chi connectivity index (χ0v) is 14.7. The molecule has 128 valence electrons. The van der Waals surface area contributed by atoms with Crippen LogP contribution in [0.4, 0.5) is 4.79 Å². The van der Waals surface area contributed by atoms with Crippen LogP contribution in [-0.4, -0.2) is 46.9 Å². The van der Waals surface area contributed by atoms with Gasteiger partial charge in [-0.3, -0.25) is 14.9 Å². The zero-order valence-electron chi connectivity index (χ0n) is 13.9. The molecule has 0 saturated carbocycles. The second kappa shape index (κ2) is 7.28. The highest BCUT2D eigenvalue weighted by atomic mass is 35.5. The van der Waals surface area contributed by atoms with Gasteiger partial charge in [-0.25, -0.2) is 4.79 Å². The first-order valence-corrected chi connectivity index (χ1v) is 7.16. The first kappa shape index (κ1) is 20.7. The van der Waals surface area contributed by atoms with Crippen molar-refractivity contribution in [2.24, 2.45) is 11.7 Å². The molecule has 1 rings (SSSR count). The molecule has 1 aliphatic rings. The molecule has 0 aromatic heterocycles. The number of nitrogens with one attached hydrogen (secondary N) is 2. The van der Waals surface area contributed by atoms with Gasteiger partial charge < -0.3 is 16.0 Å². The van der Waals surface area contributed by atoms with E-state index in [1.165, 1.54) is 4.90 Å². The number of nitrogens with zero attached hydrogens (tertiary/aromatic N) is 1. The number of imide groups is 1. The molecule has 1 atom stereocenters.